The van der Waals surface area contributed by atoms with Gasteiger partial charge in [0, 0.05) is 63.5 Å². The van der Waals surface area contributed by atoms with Crippen molar-refractivity contribution in [2.75, 3.05) is 71.6 Å². The molecule has 2 aliphatic rings. The first kappa shape index (κ1) is 22.4. The second-order valence-electron chi connectivity index (χ2n) is 7.46. The molecule has 10 heteroatoms. The van der Waals surface area contributed by atoms with Gasteiger partial charge in [0.05, 0.1) is 31.4 Å². The van der Waals surface area contributed by atoms with Crippen LogP contribution in [-0.4, -0.2) is 88.1 Å². The molecule has 2 unspecified atom stereocenters. The second kappa shape index (κ2) is 11.2. The van der Waals surface area contributed by atoms with Crippen LogP contribution in [-0.2, 0) is 14.2 Å². The summed E-state index contributed by atoms with van der Waals surface area (Å²) in [5.41, 5.74) is 0.498. The third-order valence-electron chi connectivity index (χ3n) is 5.57. The van der Waals surface area contributed by atoms with E-state index in [0.29, 0.717) is 51.1 Å². The van der Waals surface area contributed by atoms with E-state index in [1.54, 1.807) is 19.2 Å². The second-order valence-corrected chi connectivity index (χ2v) is 7.46. The molecule has 1 amide bonds. The van der Waals surface area contributed by atoms with Crippen molar-refractivity contribution in [3.63, 3.8) is 0 Å². The first-order chi connectivity index (χ1) is 14.6. The molecular formula is C20H30N4O6. The first-order valence-corrected chi connectivity index (χ1v) is 10.3. The summed E-state index contributed by atoms with van der Waals surface area (Å²) in [4.78, 5) is 26.0. The van der Waals surface area contributed by atoms with E-state index in [4.69, 9.17) is 14.2 Å². The fourth-order valence-corrected chi connectivity index (χ4v) is 3.92. The summed E-state index contributed by atoms with van der Waals surface area (Å²) in [5.74, 6) is 0.0313. The lowest BCUT2D eigenvalue weighted by Crippen LogP contribution is -2.52. The summed E-state index contributed by atoms with van der Waals surface area (Å²) in [5, 5.41) is 17.4. The molecule has 0 radical (unpaired) electrons. The van der Waals surface area contributed by atoms with Crippen LogP contribution in [0.3, 0.4) is 0 Å². The Bertz CT molecular complexity index is 719. The highest BCUT2D eigenvalue weighted by Crippen LogP contribution is 2.26. The average Bonchev–Trinajstić information content (AvgIpc) is 3.29. The number of rotatable bonds is 10. The summed E-state index contributed by atoms with van der Waals surface area (Å²) in [6, 6.07) is 4.63. The lowest BCUT2D eigenvalue weighted by atomic mass is 9.96. The largest absolute Gasteiger partial charge is 0.383 e. The van der Waals surface area contributed by atoms with Crippen LogP contribution in [0.2, 0.25) is 0 Å². The van der Waals surface area contributed by atoms with Gasteiger partial charge in [0.25, 0.3) is 11.6 Å². The van der Waals surface area contributed by atoms with Crippen LogP contribution in [0.15, 0.2) is 18.2 Å². The van der Waals surface area contributed by atoms with Gasteiger partial charge in [-0.15, -0.1) is 0 Å². The number of ether oxygens (including phenoxy) is 3. The van der Waals surface area contributed by atoms with E-state index in [2.05, 4.69) is 15.5 Å². The Balaban J connectivity index is 1.65. The normalized spacial score (nSPS) is 20.6. The zero-order chi connectivity index (χ0) is 21.3. The summed E-state index contributed by atoms with van der Waals surface area (Å²) in [7, 11) is 1.56. The number of methoxy groups -OCH3 is 1. The number of nitrogens with one attached hydrogen (secondary N) is 2. The molecule has 0 bridgehead atoms. The number of morpholine rings is 1. The fraction of sp³-hybridized carbons (Fsp3) is 0.650. The van der Waals surface area contributed by atoms with E-state index >= 15 is 0 Å². The van der Waals surface area contributed by atoms with E-state index in [9.17, 15) is 14.9 Å². The molecule has 2 heterocycles. The molecule has 1 aromatic carbocycles. The quantitative estimate of drug-likeness (QED) is 0.327. The molecule has 1 aromatic rings. The zero-order valence-corrected chi connectivity index (χ0v) is 17.3. The molecule has 2 fully saturated rings. The Hall–Kier alpha value is -2.27. The number of anilines is 1. The minimum Gasteiger partial charge on any atom is -0.383 e. The predicted molar refractivity (Wildman–Crippen MR) is 111 cm³/mol. The Kier molecular flexibility index (Phi) is 8.38. The van der Waals surface area contributed by atoms with Crippen LogP contribution in [0, 0.1) is 16.0 Å². The van der Waals surface area contributed by atoms with Gasteiger partial charge in [-0.05, 0) is 18.6 Å². The number of benzene rings is 1. The third kappa shape index (κ3) is 5.88. The van der Waals surface area contributed by atoms with Crippen LogP contribution in [0.4, 0.5) is 11.4 Å². The van der Waals surface area contributed by atoms with E-state index in [1.807, 2.05) is 0 Å². The van der Waals surface area contributed by atoms with Gasteiger partial charge in [0.2, 0.25) is 0 Å². The van der Waals surface area contributed by atoms with E-state index in [1.165, 1.54) is 6.07 Å². The number of hydrogen-bond acceptors (Lipinski definition) is 8. The van der Waals surface area contributed by atoms with Crippen LogP contribution in [0.25, 0.3) is 0 Å². The number of nitro benzene ring substituents is 1. The van der Waals surface area contributed by atoms with Crippen molar-refractivity contribution >= 4 is 17.3 Å². The van der Waals surface area contributed by atoms with Crippen molar-refractivity contribution in [1.82, 2.24) is 10.2 Å². The van der Waals surface area contributed by atoms with Gasteiger partial charge < -0.3 is 24.8 Å². The molecule has 0 aliphatic carbocycles. The maximum Gasteiger partial charge on any atom is 0.293 e. The van der Waals surface area contributed by atoms with Crippen molar-refractivity contribution in [3.8, 4) is 0 Å². The number of carbonyl (C=O) groups is 1. The Morgan fingerprint density at radius 1 is 1.33 bits per heavy atom. The van der Waals surface area contributed by atoms with Crippen molar-refractivity contribution in [1.29, 1.82) is 0 Å². The van der Waals surface area contributed by atoms with Gasteiger partial charge >= 0.3 is 0 Å². The molecule has 0 aromatic heterocycles. The summed E-state index contributed by atoms with van der Waals surface area (Å²) in [6.45, 7) is 5.77. The van der Waals surface area contributed by atoms with E-state index < -0.39 is 4.92 Å². The standard InChI is InChI=1S/C20H30N4O6/c1-28-9-5-21-17-3-2-15(12-18(17)24(26)27)20(25)22-13-19(16-4-8-30-14-16)23-6-10-29-11-7-23/h2-3,12,16,19,21H,4-11,13-14H2,1H3,(H,22,25). The van der Waals surface area contributed by atoms with Crippen LogP contribution in [0.1, 0.15) is 16.8 Å². The highest BCUT2D eigenvalue weighted by Gasteiger charge is 2.32. The Morgan fingerprint density at radius 2 is 2.13 bits per heavy atom. The van der Waals surface area contributed by atoms with Crippen molar-refractivity contribution in [3.05, 3.63) is 33.9 Å². The Labute approximate surface area is 176 Å². The first-order valence-electron chi connectivity index (χ1n) is 10.3. The van der Waals surface area contributed by atoms with E-state index in [-0.39, 0.29) is 23.2 Å². The molecule has 30 heavy (non-hydrogen) atoms. The number of amides is 1. The minimum atomic E-state index is -0.488. The predicted octanol–water partition coefficient (Wildman–Crippen LogP) is 1.12. The molecule has 2 aliphatic heterocycles. The molecule has 2 saturated heterocycles. The maximum atomic E-state index is 12.7. The molecule has 3 rings (SSSR count). The monoisotopic (exact) mass is 422 g/mol. The summed E-state index contributed by atoms with van der Waals surface area (Å²) < 4.78 is 16.0. The summed E-state index contributed by atoms with van der Waals surface area (Å²) >= 11 is 0. The molecular weight excluding hydrogens is 392 g/mol. The van der Waals surface area contributed by atoms with Gasteiger partial charge in [-0.3, -0.25) is 19.8 Å². The average molecular weight is 422 g/mol. The highest BCUT2D eigenvalue weighted by atomic mass is 16.6. The fourth-order valence-electron chi connectivity index (χ4n) is 3.92. The van der Waals surface area contributed by atoms with Gasteiger partial charge in [0.15, 0.2) is 0 Å². The highest BCUT2D eigenvalue weighted by molar-refractivity contribution is 5.95. The molecule has 10 nitrogen and oxygen atoms in total. The van der Waals surface area contributed by atoms with Crippen LogP contribution >= 0.6 is 0 Å². The van der Waals surface area contributed by atoms with Crippen LogP contribution in [0.5, 0.6) is 0 Å². The molecule has 2 atom stereocenters. The molecule has 166 valence electrons. The van der Waals surface area contributed by atoms with E-state index in [0.717, 1.165) is 26.1 Å². The lowest BCUT2D eigenvalue weighted by molar-refractivity contribution is -0.384. The number of nitrogens with zero attached hydrogens (tertiary/aromatic N) is 2. The van der Waals surface area contributed by atoms with Crippen molar-refractivity contribution < 1.29 is 23.9 Å². The van der Waals surface area contributed by atoms with Crippen LogP contribution < -0.4 is 10.6 Å². The van der Waals surface area contributed by atoms with Crippen molar-refractivity contribution in [2.24, 2.45) is 5.92 Å². The zero-order valence-electron chi connectivity index (χ0n) is 17.3. The van der Waals surface area contributed by atoms with Gasteiger partial charge in [-0.2, -0.15) is 0 Å². The minimum absolute atomic E-state index is 0.132. The lowest BCUT2D eigenvalue weighted by Gasteiger charge is -2.37. The SMILES string of the molecule is COCCNc1ccc(C(=O)NCC(C2CCOC2)N2CCOCC2)cc1[N+](=O)[O-]. The molecule has 2 N–H and O–H groups in total. The Morgan fingerprint density at radius 3 is 2.80 bits per heavy atom. The smallest absolute Gasteiger partial charge is 0.293 e. The summed E-state index contributed by atoms with van der Waals surface area (Å²) in [6.07, 6.45) is 0.963. The molecule has 0 saturated carbocycles. The van der Waals surface area contributed by atoms with Gasteiger partial charge in [-0.25, -0.2) is 0 Å². The third-order valence-corrected chi connectivity index (χ3v) is 5.57. The van der Waals surface area contributed by atoms with Gasteiger partial charge in [0.1, 0.15) is 5.69 Å². The van der Waals surface area contributed by atoms with Crippen molar-refractivity contribution in [2.45, 2.75) is 12.5 Å². The topological polar surface area (TPSA) is 115 Å². The maximum absolute atomic E-state index is 12.7. The number of hydrogen-bond donors (Lipinski definition) is 2. The number of carbonyl (C=O) groups excluding carboxylic acids is 1. The van der Waals surface area contributed by atoms with Gasteiger partial charge in [-0.1, -0.05) is 0 Å². The number of nitro groups is 1. The molecule has 0 spiro atoms.